The number of amides is 2. The molecule has 0 aliphatic carbocycles. The third-order valence-electron chi connectivity index (χ3n) is 6.73. The molecule has 1 saturated heterocycles. The van der Waals surface area contributed by atoms with Gasteiger partial charge in [0, 0.05) is 51.6 Å². The summed E-state index contributed by atoms with van der Waals surface area (Å²) < 4.78 is 16.4. The first-order valence-electron chi connectivity index (χ1n) is 12.0. The van der Waals surface area contributed by atoms with Crippen LogP contribution >= 0.6 is 23.2 Å². The van der Waals surface area contributed by atoms with Crippen LogP contribution in [0, 0.1) is 5.82 Å². The number of rotatable bonds is 5. The molecule has 5 rings (SSSR count). The first-order valence-corrected chi connectivity index (χ1v) is 12.8. The van der Waals surface area contributed by atoms with Gasteiger partial charge in [0.2, 0.25) is 5.91 Å². The van der Waals surface area contributed by atoms with Crippen LogP contribution in [0.4, 0.5) is 4.39 Å². The predicted molar refractivity (Wildman–Crippen MR) is 143 cm³/mol. The van der Waals surface area contributed by atoms with Crippen molar-refractivity contribution < 1.29 is 14.0 Å². The maximum absolute atomic E-state index is 14.4. The summed E-state index contributed by atoms with van der Waals surface area (Å²) in [7, 11) is 0. The molecule has 0 unspecified atom stereocenters. The number of nitrogens with zero attached hydrogens (tertiary/aromatic N) is 4. The van der Waals surface area contributed by atoms with Crippen LogP contribution in [-0.4, -0.2) is 57.3 Å². The number of carbonyl (C=O) groups excluding carboxylic acids is 2. The molecule has 0 bridgehead atoms. The summed E-state index contributed by atoms with van der Waals surface area (Å²) in [5.74, 6) is 0.372. The molecule has 4 aromatic rings. The SMILES string of the molecule is CC(=O)N1CCN(C(=O)c2ccc(Cn3c(Cc4ccccc4F)nc4cc(Cl)c(Cl)cc43)cc2)CC1. The van der Waals surface area contributed by atoms with Crippen molar-refractivity contribution in [2.45, 2.75) is 19.9 Å². The number of fused-ring (bicyclic) bond motifs is 1. The van der Waals surface area contributed by atoms with E-state index in [9.17, 15) is 14.0 Å². The molecule has 9 heteroatoms. The highest BCUT2D eigenvalue weighted by Gasteiger charge is 2.23. The van der Waals surface area contributed by atoms with E-state index in [-0.39, 0.29) is 17.6 Å². The smallest absolute Gasteiger partial charge is 0.253 e. The van der Waals surface area contributed by atoms with E-state index in [1.54, 1.807) is 47.1 Å². The van der Waals surface area contributed by atoms with Crippen LogP contribution in [0.15, 0.2) is 60.7 Å². The van der Waals surface area contributed by atoms with Gasteiger partial charge < -0.3 is 14.4 Å². The van der Waals surface area contributed by atoms with Gasteiger partial charge in [0.15, 0.2) is 0 Å². The third-order valence-corrected chi connectivity index (χ3v) is 7.45. The number of imidazole rings is 1. The number of benzene rings is 3. The van der Waals surface area contributed by atoms with E-state index in [4.69, 9.17) is 28.2 Å². The lowest BCUT2D eigenvalue weighted by molar-refractivity contribution is -0.130. The maximum Gasteiger partial charge on any atom is 0.253 e. The van der Waals surface area contributed by atoms with E-state index >= 15 is 0 Å². The monoisotopic (exact) mass is 538 g/mol. The summed E-state index contributed by atoms with van der Waals surface area (Å²) >= 11 is 12.5. The summed E-state index contributed by atoms with van der Waals surface area (Å²) in [4.78, 5) is 32.8. The zero-order valence-electron chi connectivity index (χ0n) is 20.3. The van der Waals surface area contributed by atoms with Gasteiger partial charge in [-0.25, -0.2) is 9.37 Å². The maximum atomic E-state index is 14.4. The van der Waals surface area contributed by atoms with Crippen molar-refractivity contribution in [2.75, 3.05) is 26.2 Å². The molecular weight excluding hydrogens is 514 g/mol. The number of aromatic nitrogens is 2. The number of piperazine rings is 1. The Bertz CT molecular complexity index is 1480. The van der Waals surface area contributed by atoms with Gasteiger partial charge in [-0.1, -0.05) is 53.5 Å². The molecule has 1 aliphatic rings. The molecule has 6 nitrogen and oxygen atoms in total. The minimum atomic E-state index is -0.288. The lowest BCUT2D eigenvalue weighted by Gasteiger charge is -2.34. The Labute approximate surface area is 224 Å². The molecule has 0 atom stereocenters. The van der Waals surface area contributed by atoms with E-state index < -0.39 is 0 Å². The van der Waals surface area contributed by atoms with Gasteiger partial charge in [0.25, 0.3) is 5.91 Å². The first kappa shape index (κ1) is 25.2. The van der Waals surface area contributed by atoms with E-state index in [0.717, 1.165) is 11.1 Å². The molecule has 3 aromatic carbocycles. The lowest BCUT2D eigenvalue weighted by atomic mass is 10.1. The Balaban J connectivity index is 1.40. The molecule has 190 valence electrons. The lowest BCUT2D eigenvalue weighted by Crippen LogP contribution is -2.50. The number of hydrogen-bond acceptors (Lipinski definition) is 3. The fourth-order valence-electron chi connectivity index (χ4n) is 4.64. The molecule has 0 radical (unpaired) electrons. The van der Waals surface area contributed by atoms with Crippen LogP contribution in [-0.2, 0) is 17.8 Å². The summed E-state index contributed by atoms with van der Waals surface area (Å²) in [6.45, 7) is 4.14. The Kier molecular flexibility index (Phi) is 7.17. The topological polar surface area (TPSA) is 58.4 Å². The van der Waals surface area contributed by atoms with Crippen LogP contribution in [0.3, 0.4) is 0 Å². The van der Waals surface area contributed by atoms with Crippen molar-refractivity contribution >= 4 is 46.0 Å². The summed E-state index contributed by atoms with van der Waals surface area (Å²) in [5.41, 5.74) is 3.57. The minimum absolute atomic E-state index is 0.0291. The molecule has 1 aliphatic heterocycles. The van der Waals surface area contributed by atoms with Crippen LogP contribution in [0.2, 0.25) is 10.0 Å². The van der Waals surface area contributed by atoms with Gasteiger partial charge in [-0.05, 0) is 41.5 Å². The van der Waals surface area contributed by atoms with Crippen molar-refractivity contribution in [1.29, 1.82) is 0 Å². The number of carbonyl (C=O) groups is 2. The molecule has 0 N–H and O–H groups in total. The average Bonchev–Trinajstić information content (AvgIpc) is 3.21. The normalized spacial score (nSPS) is 13.8. The Hall–Kier alpha value is -3.42. The van der Waals surface area contributed by atoms with Crippen LogP contribution in [0.5, 0.6) is 0 Å². The molecule has 2 heterocycles. The highest BCUT2D eigenvalue weighted by atomic mass is 35.5. The fraction of sp³-hybridized carbons (Fsp3) is 0.250. The number of halogens is 3. The second kappa shape index (κ2) is 10.5. The van der Waals surface area contributed by atoms with Crippen LogP contribution in [0.1, 0.15) is 34.2 Å². The van der Waals surface area contributed by atoms with Crippen molar-refractivity contribution in [3.05, 3.63) is 99.0 Å². The molecule has 2 amide bonds. The highest BCUT2D eigenvalue weighted by Crippen LogP contribution is 2.30. The van der Waals surface area contributed by atoms with E-state index in [0.29, 0.717) is 71.7 Å². The standard InChI is InChI=1S/C28H25Cl2FN4O2/c1-18(36)33-10-12-34(13-11-33)28(37)20-8-6-19(7-9-20)17-35-26-16-23(30)22(29)15-25(26)32-27(35)14-21-4-2-3-5-24(21)31/h2-9,15-16H,10-14,17H2,1H3. The second-order valence-electron chi connectivity index (χ2n) is 9.13. The van der Waals surface area contributed by atoms with Crippen molar-refractivity contribution in [3.8, 4) is 0 Å². The molecule has 1 fully saturated rings. The molecule has 1 aromatic heterocycles. The molecule has 0 spiro atoms. The van der Waals surface area contributed by atoms with Gasteiger partial charge in [-0.2, -0.15) is 0 Å². The molecular formula is C28H25Cl2FN4O2. The van der Waals surface area contributed by atoms with Crippen molar-refractivity contribution in [1.82, 2.24) is 19.4 Å². The van der Waals surface area contributed by atoms with Gasteiger partial charge >= 0.3 is 0 Å². The second-order valence-corrected chi connectivity index (χ2v) is 9.95. The Morgan fingerprint density at radius 3 is 2.24 bits per heavy atom. The van der Waals surface area contributed by atoms with Gasteiger partial charge in [-0.3, -0.25) is 9.59 Å². The van der Waals surface area contributed by atoms with Crippen LogP contribution in [0.25, 0.3) is 11.0 Å². The Morgan fingerprint density at radius 1 is 0.919 bits per heavy atom. The average molecular weight is 539 g/mol. The summed E-state index contributed by atoms with van der Waals surface area (Å²) in [6.07, 6.45) is 0.305. The molecule has 0 saturated carbocycles. The number of hydrogen-bond donors (Lipinski definition) is 0. The fourth-order valence-corrected chi connectivity index (χ4v) is 4.95. The van der Waals surface area contributed by atoms with Gasteiger partial charge in [-0.15, -0.1) is 0 Å². The Morgan fingerprint density at radius 2 is 1.57 bits per heavy atom. The van der Waals surface area contributed by atoms with Crippen molar-refractivity contribution in [3.63, 3.8) is 0 Å². The van der Waals surface area contributed by atoms with Gasteiger partial charge in [0.1, 0.15) is 11.6 Å². The first-order chi connectivity index (χ1) is 17.8. The summed E-state index contributed by atoms with van der Waals surface area (Å²) in [5, 5.41) is 0.821. The van der Waals surface area contributed by atoms with E-state index in [2.05, 4.69) is 0 Å². The minimum Gasteiger partial charge on any atom is -0.339 e. The van der Waals surface area contributed by atoms with Gasteiger partial charge in [0.05, 0.1) is 21.1 Å². The summed E-state index contributed by atoms with van der Waals surface area (Å²) in [6, 6.07) is 17.6. The zero-order chi connectivity index (χ0) is 26.1. The largest absolute Gasteiger partial charge is 0.339 e. The van der Waals surface area contributed by atoms with E-state index in [1.807, 2.05) is 28.8 Å². The van der Waals surface area contributed by atoms with E-state index in [1.165, 1.54) is 6.07 Å². The zero-order valence-corrected chi connectivity index (χ0v) is 21.8. The molecule has 37 heavy (non-hydrogen) atoms. The highest BCUT2D eigenvalue weighted by molar-refractivity contribution is 6.42. The van der Waals surface area contributed by atoms with Crippen LogP contribution < -0.4 is 0 Å². The predicted octanol–water partition coefficient (Wildman–Crippen LogP) is 5.43. The third kappa shape index (κ3) is 5.33. The van der Waals surface area contributed by atoms with Crippen molar-refractivity contribution in [2.24, 2.45) is 0 Å². The quantitative estimate of drug-likeness (QED) is 0.340.